The Morgan fingerprint density at radius 1 is 1.38 bits per heavy atom. The molecule has 0 spiro atoms. The first-order chi connectivity index (χ1) is 7.72. The van der Waals surface area contributed by atoms with Gasteiger partial charge in [0.05, 0.1) is 6.61 Å². The van der Waals surface area contributed by atoms with Gasteiger partial charge >= 0.3 is 5.97 Å². The molecule has 2 rings (SSSR count). The third-order valence-corrected chi connectivity index (χ3v) is 3.26. The molecule has 0 radical (unpaired) electrons. The minimum atomic E-state index is -1.04. The zero-order valence-corrected chi connectivity index (χ0v) is 9.20. The number of aliphatic hydroxyl groups excluding tert-OH is 1. The summed E-state index contributed by atoms with van der Waals surface area (Å²) in [5.41, 5.74) is 1.23. The standard InChI is InChI=1S/C12H10O3S/c13-6-8(5-12(14)15)10-7-16-11-4-2-1-3-9(10)11/h1-5,7,13H,6H2,(H,14,15)/b8-5+. The molecule has 1 aromatic carbocycles. The van der Waals surface area contributed by atoms with Crippen molar-refractivity contribution >= 4 is 33.0 Å². The Bertz CT molecular complexity index is 554. The summed E-state index contributed by atoms with van der Waals surface area (Å²) >= 11 is 1.54. The van der Waals surface area contributed by atoms with Gasteiger partial charge in [0.1, 0.15) is 0 Å². The van der Waals surface area contributed by atoms with Crippen LogP contribution in [-0.2, 0) is 4.79 Å². The molecule has 1 aromatic heterocycles. The molecule has 0 amide bonds. The van der Waals surface area contributed by atoms with Crippen LogP contribution < -0.4 is 0 Å². The Balaban J connectivity index is 2.58. The van der Waals surface area contributed by atoms with Crippen molar-refractivity contribution in [1.29, 1.82) is 0 Å². The van der Waals surface area contributed by atoms with E-state index in [9.17, 15) is 9.90 Å². The molecule has 0 fully saturated rings. The van der Waals surface area contributed by atoms with Gasteiger partial charge < -0.3 is 10.2 Å². The quantitative estimate of drug-likeness (QED) is 0.801. The molecule has 2 N–H and O–H groups in total. The Morgan fingerprint density at radius 2 is 2.12 bits per heavy atom. The smallest absolute Gasteiger partial charge is 0.328 e. The van der Waals surface area contributed by atoms with Gasteiger partial charge in [-0.2, -0.15) is 0 Å². The van der Waals surface area contributed by atoms with E-state index in [1.165, 1.54) is 11.3 Å². The average Bonchev–Trinajstić information content (AvgIpc) is 2.69. The van der Waals surface area contributed by atoms with Crippen molar-refractivity contribution in [3.63, 3.8) is 0 Å². The van der Waals surface area contributed by atoms with E-state index in [1.54, 1.807) is 0 Å². The summed E-state index contributed by atoms with van der Waals surface area (Å²) in [5.74, 6) is -1.04. The molecule has 0 saturated carbocycles. The minimum absolute atomic E-state index is 0.271. The molecule has 0 bridgehead atoms. The van der Waals surface area contributed by atoms with Crippen molar-refractivity contribution in [3.8, 4) is 0 Å². The summed E-state index contributed by atoms with van der Waals surface area (Å²) in [4.78, 5) is 10.6. The van der Waals surface area contributed by atoms with Crippen LogP contribution in [0.3, 0.4) is 0 Å². The fourth-order valence-electron chi connectivity index (χ4n) is 1.58. The molecule has 82 valence electrons. The lowest BCUT2D eigenvalue weighted by Crippen LogP contribution is -1.95. The summed E-state index contributed by atoms with van der Waals surface area (Å²) in [6, 6.07) is 7.72. The fraction of sp³-hybridized carbons (Fsp3) is 0.0833. The van der Waals surface area contributed by atoms with E-state index < -0.39 is 5.97 Å². The number of carboxylic acids is 1. The van der Waals surface area contributed by atoms with E-state index in [1.807, 2.05) is 29.6 Å². The number of thiophene rings is 1. The molecule has 0 unspecified atom stereocenters. The van der Waals surface area contributed by atoms with Gasteiger partial charge in [-0.1, -0.05) is 18.2 Å². The number of benzene rings is 1. The molecule has 4 heteroatoms. The SMILES string of the molecule is O=C(O)/C=C(\CO)c1csc2ccccc12. The second-order valence-electron chi connectivity index (χ2n) is 3.31. The molecular formula is C12H10O3S. The predicted molar refractivity (Wildman–Crippen MR) is 64.5 cm³/mol. The zero-order valence-electron chi connectivity index (χ0n) is 8.38. The number of fused-ring (bicyclic) bond motifs is 1. The summed E-state index contributed by atoms with van der Waals surface area (Å²) in [7, 11) is 0. The molecular weight excluding hydrogens is 224 g/mol. The van der Waals surface area contributed by atoms with E-state index in [4.69, 9.17) is 5.11 Å². The average molecular weight is 234 g/mol. The topological polar surface area (TPSA) is 57.5 Å². The van der Waals surface area contributed by atoms with Gasteiger partial charge in [-0.15, -0.1) is 11.3 Å². The Hall–Kier alpha value is -1.65. The number of carboxylic acid groups (broad SMARTS) is 1. The normalized spacial score (nSPS) is 11.9. The molecule has 0 saturated heterocycles. The van der Waals surface area contributed by atoms with Crippen molar-refractivity contribution < 1.29 is 15.0 Å². The number of hydrogen-bond acceptors (Lipinski definition) is 3. The van der Waals surface area contributed by atoms with Crippen molar-refractivity contribution in [3.05, 3.63) is 41.3 Å². The van der Waals surface area contributed by atoms with Crippen LogP contribution >= 0.6 is 11.3 Å². The summed E-state index contributed by atoms with van der Waals surface area (Å²) in [6.07, 6.45) is 1.05. The Labute approximate surface area is 96.3 Å². The van der Waals surface area contributed by atoms with Crippen LogP contribution in [0.15, 0.2) is 35.7 Å². The van der Waals surface area contributed by atoms with Gasteiger partial charge in [0.2, 0.25) is 0 Å². The van der Waals surface area contributed by atoms with Crippen molar-refractivity contribution in [2.45, 2.75) is 0 Å². The van der Waals surface area contributed by atoms with Crippen LogP contribution in [-0.4, -0.2) is 22.8 Å². The molecule has 0 aliphatic carbocycles. The Morgan fingerprint density at radius 3 is 2.81 bits per heavy atom. The third kappa shape index (κ3) is 1.98. The highest BCUT2D eigenvalue weighted by Gasteiger charge is 2.08. The van der Waals surface area contributed by atoms with Crippen molar-refractivity contribution in [2.75, 3.05) is 6.61 Å². The van der Waals surface area contributed by atoms with E-state index >= 15 is 0 Å². The van der Waals surface area contributed by atoms with E-state index in [0.717, 1.165) is 21.7 Å². The van der Waals surface area contributed by atoms with Crippen LogP contribution in [0, 0.1) is 0 Å². The second-order valence-corrected chi connectivity index (χ2v) is 4.22. The van der Waals surface area contributed by atoms with Gasteiger partial charge in [-0.3, -0.25) is 0 Å². The highest BCUT2D eigenvalue weighted by molar-refractivity contribution is 7.17. The largest absolute Gasteiger partial charge is 0.478 e. The molecule has 2 aromatic rings. The lowest BCUT2D eigenvalue weighted by molar-refractivity contribution is -0.131. The van der Waals surface area contributed by atoms with Gasteiger partial charge in [-0.05, 0) is 22.6 Å². The maximum Gasteiger partial charge on any atom is 0.328 e. The van der Waals surface area contributed by atoms with Crippen LogP contribution in [0.2, 0.25) is 0 Å². The lowest BCUT2D eigenvalue weighted by Gasteiger charge is -2.01. The summed E-state index contributed by atoms with van der Waals surface area (Å²) in [6.45, 7) is -0.271. The molecule has 0 aliphatic rings. The molecule has 0 aliphatic heterocycles. The molecule has 3 nitrogen and oxygen atoms in total. The van der Waals surface area contributed by atoms with Gasteiger partial charge in [0, 0.05) is 16.2 Å². The maximum atomic E-state index is 10.6. The van der Waals surface area contributed by atoms with Crippen molar-refractivity contribution in [1.82, 2.24) is 0 Å². The lowest BCUT2D eigenvalue weighted by atomic mass is 10.1. The van der Waals surface area contributed by atoms with E-state index in [2.05, 4.69) is 0 Å². The summed E-state index contributed by atoms with van der Waals surface area (Å²) in [5, 5.41) is 20.7. The number of aliphatic carboxylic acids is 1. The van der Waals surface area contributed by atoms with Crippen LogP contribution in [0.1, 0.15) is 5.56 Å². The first-order valence-electron chi connectivity index (χ1n) is 4.73. The van der Waals surface area contributed by atoms with E-state index in [0.29, 0.717) is 5.57 Å². The minimum Gasteiger partial charge on any atom is -0.478 e. The number of rotatable bonds is 3. The summed E-state index contributed by atoms with van der Waals surface area (Å²) < 4.78 is 1.09. The predicted octanol–water partition coefficient (Wildman–Crippen LogP) is 2.36. The van der Waals surface area contributed by atoms with Crippen LogP contribution in [0.25, 0.3) is 15.7 Å². The fourth-order valence-corrected chi connectivity index (χ4v) is 2.57. The Kier molecular flexibility index (Phi) is 3.03. The van der Waals surface area contributed by atoms with Crippen LogP contribution in [0.4, 0.5) is 0 Å². The molecule has 0 atom stereocenters. The monoisotopic (exact) mass is 234 g/mol. The highest BCUT2D eigenvalue weighted by Crippen LogP contribution is 2.30. The first kappa shape index (κ1) is 10.9. The van der Waals surface area contributed by atoms with Crippen molar-refractivity contribution in [2.24, 2.45) is 0 Å². The van der Waals surface area contributed by atoms with Crippen LogP contribution in [0.5, 0.6) is 0 Å². The third-order valence-electron chi connectivity index (χ3n) is 2.29. The number of carbonyl (C=O) groups is 1. The molecule has 16 heavy (non-hydrogen) atoms. The van der Waals surface area contributed by atoms with E-state index in [-0.39, 0.29) is 6.61 Å². The van der Waals surface area contributed by atoms with Gasteiger partial charge in [0.25, 0.3) is 0 Å². The number of hydrogen-bond donors (Lipinski definition) is 2. The first-order valence-corrected chi connectivity index (χ1v) is 5.61. The maximum absolute atomic E-state index is 10.6. The van der Waals surface area contributed by atoms with Gasteiger partial charge in [0.15, 0.2) is 0 Å². The molecule has 1 heterocycles. The zero-order chi connectivity index (χ0) is 11.5. The van der Waals surface area contributed by atoms with Gasteiger partial charge in [-0.25, -0.2) is 4.79 Å². The highest BCUT2D eigenvalue weighted by atomic mass is 32.1. The number of aliphatic hydroxyl groups is 1. The second kappa shape index (κ2) is 4.47.